The summed E-state index contributed by atoms with van der Waals surface area (Å²) in [5, 5.41) is 21.4. The highest BCUT2D eigenvalue weighted by atomic mass is 32.2. The Morgan fingerprint density at radius 2 is 2.15 bits per heavy atom. The highest BCUT2D eigenvalue weighted by Gasteiger charge is 2.38. The number of carbonyl (C=O) groups excluding carboxylic acids is 2. The van der Waals surface area contributed by atoms with Gasteiger partial charge in [0, 0.05) is 31.8 Å². The largest absolute Gasteiger partial charge is 0.461 e. The molecule has 1 aromatic carbocycles. The molecule has 27 heavy (non-hydrogen) atoms. The second kappa shape index (κ2) is 10.6. The molecule has 1 aromatic rings. The standard InChI is InChI=1S/C19H23N3O4S/c1-2-22-17(24)16(9-10-21-14-7-4-3-5-8-14)27-18(22)15(13-20)19(25)26-12-6-11-23/h3-5,7-8,16,21,23H,2,6,9-12H2,1H3/b18-15-. The van der Waals surface area contributed by atoms with Crippen molar-refractivity contribution >= 4 is 29.3 Å². The predicted molar refractivity (Wildman–Crippen MR) is 104 cm³/mol. The Balaban J connectivity index is 2.05. The molecule has 1 saturated heterocycles. The molecule has 0 aliphatic carbocycles. The average molecular weight is 389 g/mol. The number of ether oxygens (including phenoxy) is 1. The normalized spacial score (nSPS) is 18.2. The summed E-state index contributed by atoms with van der Waals surface area (Å²) in [7, 11) is 0. The fourth-order valence-corrected chi connectivity index (χ4v) is 3.91. The molecule has 8 heteroatoms. The fraction of sp³-hybridized carbons (Fsp3) is 0.421. The molecule has 2 rings (SSSR count). The van der Waals surface area contributed by atoms with E-state index in [1.165, 1.54) is 16.7 Å². The highest BCUT2D eigenvalue weighted by molar-refractivity contribution is 8.04. The summed E-state index contributed by atoms with van der Waals surface area (Å²) in [6, 6.07) is 11.6. The summed E-state index contributed by atoms with van der Waals surface area (Å²) in [5.41, 5.74) is 0.813. The molecular weight excluding hydrogens is 366 g/mol. The lowest BCUT2D eigenvalue weighted by atomic mass is 10.2. The number of aliphatic hydroxyl groups is 1. The number of thioether (sulfide) groups is 1. The number of nitrogens with zero attached hydrogens (tertiary/aromatic N) is 2. The van der Waals surface area contributed by atoms with E-state index in [9.17, 15) is 14.9 Å². The van der Waals surface area contributed by atoms with Gasteiger partial charge in [0.05, 0.1) is 11.9 Å². The van der Waals surface area contributed by atoms with Crippen molar-refractivity contribution in [1.82, 2.24) is 4.90 Å². The summed E-state index contributed by atoms with van der Waals surface area (Å²) in [5.74, 6) is -0.869. The first-order chi connectivity index (χ1) is 13.1. The number of hydrogen-bond acceptors (Lipinski definition) is 7. The van der Waals surface area contributed by atoms with Crippen LogP contribution in [0.15, 0.2) is 40.9 Å². The summed E-state index contributed by atoms with van der Waals surface area (Å²) in [6.45, 7) is 2.70. The first kappa shape index (κ1) is 20.8. The lowest BCUT2D eigenvalue weighted by Crippen LogP contribution is -2.30. The maximum absolute atomic E-state index is 12.6. The van der Waals surface area contributed by atoms with E-state index < -0.39 is 5.97 Å². The summed E-state index contributed by atoms with van der Waals surface area (Å²) < 4.78 is 5.01. The number of nitriles is 1. The van der Waals surface area contributed by atoms with Crippen LogP contribution in [-0.4, -0.2) is 53.4 Å². The van der Waals surface area contributed by atoms with E-state index in [0.29, 0.717) is 31.0 Å². The lowest BCUT2D eigenvalue weighted by Gasteiger charge is -2.15. The Labute approximate surface area is 163 Å². The van der Waals surface area contributed by atoms with E-state index in [0.717, 1.165) is 5.69 Å². The van der Waals surface area contributed by atoms with Gasteiger partial charge in [0.15, 0.2) is 5.57 Å². The number of anilines is 1. The van der Waals surface area contributed by atoms with Gasteiger partial charge in [0.2, 0.25) is 5.91 Å². The van der Waals surface area contributed by atoms with Crippen LogP contribution in [0.5, 0.6) is 0 Å². The van der Waals surface area contributed by atoms with Crippen molar-refractivity contribution < 1.29 is 19.4 Å². The lowest BCUT2D eigenvalue weighted by molar-refractivity contribution is -0.138. The van der Waals surface area contributed by atoms with Crippen LogP contribution in [0.2, 0.25) is 0 Å². The Morgan fingerprint density at radius 3 is 2.78 bits per heavy atom. The molecule has 0 saturated carbocycles. The number of esters is 1. The second-order valence-electron chi connectivity index (χ2n) is 5.78. The number of carbonyl (C=O) groups is 2. The molecule has 0 radical (unpaired) electrons. The number of aliphatic hydroxyl groups excluding tert-OH is 1. The molecule has 144 valence electrons. The Bertz CT molecular complexity index is 730. The maximum atomic E-state index is 12.6. The smallest absolute Gasteiger partial charge is 0.351 e. The van der Waals surface area contributed by atoms with Gasteiger partial charge in [0.1, 0.15) is 11.1 Å². The van der Waals surface area contributed by atoms with Crippen LogP contribution in [0.3, 0.4) is 0 Å². The van der Waals surface area contributed by atoms with Crippen LogP contribution in [-0.2, 0) is 14.3 Å². The van der Waals surface area contributed by atoms with Gasteiger partial charge in [-0.3, -0.25) is 4.79 Å². The number of amides is 1. The third-order valence-corrected chi connectivity index (χ3v) is 5.30. The molecule has 0 spiro atoms. The van der Waals surface area contributed by atoms with E-state index in [2.05, 4.69) is 5.32 Å². The van der Waals surface area contributed by atoms with E-state index in [4.69, 9.17) is 9.84 Å². The van der Waals surface area contributed by atoms with Crippen molar-refractivity contribution in [3.63, 3.8) is 0 Å². The van der Waals surface area contributed by atoms with E-state index in [-0.39, 0.29) is 29.9 Å². The molecule has 7 nitrogen and oxygen atoms in total. The molecule has 2 N–H and O–H groups in total. The molecular formula is C19H23N3O4S. The Morgan fingerprint density at radius 1 is 1.41 bits per heavy atom. The molecule has 0 aromatic heterocycles. The van der Waals surface area contributed by atoms with Crippen molar-refractivity contribution in [2.45, 2.75) is 25.0 Å². The maximum Gasteiger partial charge on any atom is 0.351 e. The van der Waals surface area contributed by atoms with Gasteiger partial charge in [-0.15, -0.1) is 0 Å². The van der Waals surface area contributed by atoms with Crippen molar-refractivity contribution in [3.05, 3.63) is 40.9 Å². The van der Waals surface area contributed by atoms with E-state index >= 15 is 0 Å². The third kappa shape index (κ3) is 5.49. The molecule has 0 bridgehead atoms. The van der Waals surface area contributed by atoms with Crippen molar-refractivity contribution in [2.75, 3.05) is 31.6 Å². The third-order valence-electron chi connectivity index (χ3n) is 3.93. The summed E-state index contributed by atoms with van der Waals surface area (Å²) in [6.07, 6.45) is 0.869. The van der Waals surface area contributed by atoms with Gasteiger partial charge in [-0.25, -0.2) is 4.79 Å². The molecule has 1 aliphatic heterocycles. The zero-order valence-electron chi connectivity index (χ0n) is 15.2. The van der Waals surface area contributed by atoms with Gasteiger partial charge < -0.3 is 20.1 Å². The van der Waals surface area contributed by atoms with E-state index in [1.54, 1.807) is 6.92 Å². The molecule has 1 unspecified atom stereocenters. The summed E-state index contributed by atoms with van der Waals surface area (Å²) >= 11 is 1.23. The SMILES string of the molecule is CCN1C(=O)C(CCNc2ccccc2)S/C1=C(/C#N)C(=O)OCCCO. The van der Waals surface area contributed by atoms with Gasteiger partial charge in [0.25, 0.3) is 0 Å². The van der Waals surface area contributed by atoms with Crippen molar-refractivity contribution in [3.8, 4) is 6.07 Å². The Kier molecular flexibility index (Phi) is 8.17. The van der Waals surface area contributed by atoms with Crippen molar-refractivity contribution in [1.29, 1.82) is 5.26 Å². The van der Waals surface area contributed by atoms with Crippen LogP contribution in [0.1, 0.15) is 19.8 Å². The Hall–Kier alpha value is -2.50. The van der Waals surface area contributed by atoms with Crippen LogP contribution < -0.4 is 5.32 Å². The monoisotopic (exact) mass is 389 g/mol. The zero-order chi connectivity index (χ0) is 19.6. The van der Waals surface area contributed by atoms with Crippen LogP contribution in [0, 0.1) is 11.3 Å². The topological polar surface area (TPSA) is 103 Å². The van der Waals surface area contributed by atoms with E-state index in [1.807, 2.05) is 36.4 Å². The number of para-hydroxylation sites is 1. The second-order valence-corrected chi connectivity index (χ2v) is 6.97. The van der Waals surface area contributed by atoms with Crippen molar-refractivity contribution in [2.24, 2.45) is 0 Å². The fourth-order valence-electron chi connectivity index (χ4n) is 2.58. The van der Waals surface area contributed by atoms with Gasteiger partial charge in [-0.2, -0.15) is 5.26 Å². The summed E-state index contributed by atoms with van der Waals surface area (Å²) in [4.78, 5) is 26.3. The zero-order valence-corrected chi connectivity index (χ0v) is 16.0. The average Bonchev–Trinajstić information content (AvgIpc) is 2.99. The molecule has 1 amide bonds. The minimum absolute atomic E-state index is 0.0307. The molecule has 1 fully saturated rings. The van der Waals surface area contributed by atoms with Gasteiger partial charge >= 0.3 is 5.97 Å². The first-order valence-electron chi connectivity index (χ1n) is 8.81. The number of nitrogens with one attached hydrogen (secondary N) is 1. The van der Waals surface area contributed by atoms with Crippen LogP contribution in [0.4, 0.5) is 5.69 Å². The minimum Gasteiger partial charge on any atom is -0.461 e. The predicted octanol–water partition coefficient (Wildman–Crippen LogP) is 2.11. The van der Waals surface area contributed by atoms with Crippen LogP contribution in [0.25, 0.3) is 0 Å². The number of hydrogen-bond donors (Lipinski definition) is 2. The quantitative estimate of drug-likeness (QED) is 0.289. The minimum atomic E-state index is -0.761. The first-order valence-corrected chi connectivity index (χ1v) is 9.69. The van der Waals surface area contributed by atoms with Gasteiger partial charge in [-0.1, -0.05) is 30.0 Å². The molecule has 1 atom stereocenters. The number of rotatable bonds is 9. The molecule has 1 aliphatic rings. The molecule has 1 heterocycles. The highest BCUT2D eigenvalue weighted by Crippen LogP contribution is 2.38. The van der Waals surface area contributed by atoms with Crippen LogP contribution >= 0.6 is 11.8 Å². The number of benzene rings is 1. The van der Waals surface area contributed by atoms with Gasteiger partial charge in [-0.05, 0) is 25.5 Å².